The van der Waals surface area contributed by atoms with E-state index in [0.717, 1.165) is 29.9 Å². The molecule has 0 spiro atoms. The molecule has 0 saturated carbocycles. The van der Waals surface area contributed by atoms with Crippen LogP contribution in [0.1, 0.15) is 26.2 Å². The molecule has 2 atom stereocenters. The molecular weight excluding hydrogens is 274 g/mol. The summed E-state index contributed by atoms with van der Waals surface area (Å²) < 4.78 is 1.10. The maximum absolute atomic E-state index is 12.0. The van der Waals surface area contributed by atoms with Crippen LogP contribution in [0.2, 0.25) is 0 Å². The molecule has 2 N–H and O–H groups in total. The summed E-state index contributed by atoms with van der Waals surface area (Å²) in [5, 5.41) is 22.2. The number of carboxylic acid groups (broad SMARTS) is 1. The molecule has 1 fully saturated rings. The van der Waals surface area contributed by atoms with Gasteiger partial charge in [-0.05, 0) is 18.8 Å². The number of carbonyl (C=O) groups is 1. The fourth-order valence-corrected chi connectivity index (χ4v) is 2.62. The summed E-state index contributed by atoms with van der Waals surface area (Å²) in [5.41, 5.74) is 0.464. The van der Waals surface area contributed by atoms with Crippen molar-refractivity contribution < 1.29 is 15.0 Å². The first-order valence-corrected chi connectivity index (χ1v) is 7.17. The number of piperidine rings is 1. The van der Waals surface area contributed by atoms with Gasteiger partial charge in [-0.2, -0.15) is 5.10 Å². The summed E-state index contributed by atoms with van der Waals surface area (Å²) in [6.07, 6.45) is 2.38. The SMILES string of the molecule is CC1CCCN(c2cnn(CC(O)CC(=O)O)c(=O)c2)C1. The van der Waals surface area contributed by atoms with Crippen molar-refractivity contribution in [2.45, 2.75) is 38.8 Å². The zero-order valence-electron chi connectivity index (χ0n) is 12.1. The second kappa shape index (κ2) is 6.71. The summed E-state index contributed by atoms with van der Waals surface area (Å²) in [4.78, 5) is 24.6. The molecule has 7 heteroatoms. The molecule has 2 rings (SSSR count). The van der Waals surface area contributed by atoms with Gasteiger partial charge in [0.15, 0.2) is 0 Å². The second-order valence-electron chi connectivity index (χ2n) is 5.68. The predicted octanol–water partition coefficient (Wildman–Crippen LogP) is 0.315. The van der Waals surface area contributed by atoms with Crippen LogP contribution in [0.15, 0.2) is 17.1 Å². The van der Waals surface area contributed by atoms with Gasteiger partial charge in [0, 0.05) is 19.2 Å². The lowest BCUT2D eigenvalue weighted by molar-refractivity contribution is -0.139. The molecule has 2 heterocycles. The van der Waals surface area contributed by atoms with Crippen molar-refractivity contribution in [1.29, 1.82) is 0 Å². The van der Waals surface area contributed by atoms with Crippen LogP contribution in [0.25, 0.3) is 0 Å². The van der Waals surface area contributed by atoms with E-state index in [4.69, 9.17) is 5.11 Å². The molecule has 0 bridgehead atoms. The van der Waals surface area contributed by atoms with Crippen molar-refractivity contribution in [2.75, 3.05) is 18.0 Å². The van der Waals surface area contributed by atoms with Gasteiger partial charge in [0.2, 0.25) is 0 Å². The number of aliphatic carboxylic acids is 1. The van der Waals surface area contributed by atoms with E-state index in [1.165, 1.54) is 12.5 Å². The number of nitrogens with zero attached hydrogens (tertiary/aromatic N) is 3. The Labute approximate surface area is 122 Å². The van der Waals surface area contributed by atoms with E-state index in [9.17, 15) is 14.7 Å². The monoisotopic (exact) mass is 295 g/mol. The highest BCUT2D eigenvalue weighted by molar-refractivity contribution is 5.67. The van der Waals surface area contributed by atoms with Crippen molar-refractivity contribution in [3.05, 3.63) is 22.6 Å². The third-order valence-corrected chi connectivity index (χ3v) is 3.67. The van der Waals surface area contributed by atoms with Crippen LogP contribution < -0.4 is 10.5 Å². The Balaban J connectivity index is 2.06. The number of hydrogen-bond acceptors (Lipinski definition) is 5. The van der Waals surface area contributed by atoms with Crippen LogP contribution in [0, 0.1) is 5.92 Å². The van der Waals surface area contributed by atoms with Crippen LogP contribution in [-0.2, 0) is 11.3 Å². The molecule has 116 valence electrons. The van der Waals surface area contributed by atoms with Crippen molar-refractivity contribution in [2.24, 2.45) is 5.92 Å². The Kier molecular flexibility index (Phi) is 4.95. The predicted molar refractivity (Wildman–Crippen MR) is 77.4 cm³/mol. The highest BCUT2D eigenvalue weighted by atomic mass is 16.4. The third-order valence-electron chi connectivity index (χ3n) is 3.67. The Morgan fingerprint density at radius 2 is 2.33 bits per heavy atom. The number of hydrogen-bond donors (Lipinski definition) is 2. The molecular formula is C14H21N3O4. The van der Waals surface area contributed by atoms with Gasteiger partial charge in [-0.1, -0.05) is 6.92 Å². The van der Waals surface area contributed by atoms with Gasteiger partial charge < -0.3 is 15.1 Å². The molecule has 1 aliphatic heterocycles. The highest BCUT2D eigenvalue weighted by Crippen LogP contribution is 2.20. The maximum atomic E-state index is 12.0. The summed E-state index contributed by atoms with van der Waals surface area (Å²) in [6, 6.07) is 1.50. The molecule has 0 aromatic carbocycles. The van der Waals surface area contributed by atoms with Gasteiger partial charge in [-0.25, -0.2) is 4.68 Å². The molecule has 2 unspecified atom stereocenters. The molecule has 0 aliphatic carbocycles. The van der Waals surface area contributed by atoms with Gasteiger partial charge in [0.25, 0.3) is 5.56 Å². The lowest BCUT2D eigenvalue weighted by Gasteiger charge is -2.32. The van der Waals surface area contributed by atoms with Gasteiger partial charge >= 0.3 is 5.97 Å². The number of aliphatic hydroxyl groups excluding tert-OH is 1. The van der Waals surface area contributed by atoms with E-state index >= 15 is 0 Å². The number of aliphatic hydroxyl groups is 1. The molecule has 21 heavy (non-hydrogen) atoms. The van der Waals surface area contributed by atoms with Crippen molar-refractivity contribution >= 4 is 11.7 Å². The van der Waals surface area contributed by atoms with E-state index in [1.54, 1.807) is 6.20 Å². The van der Waals surface area contributed by atoms with Crippen LogP contribution >= 0.6 is 0 Å². The number of carboxylic acids is 1. The Hall–Kier alpha value is -1.89. The Morgan fingerprint density at radius 1 is 1.57 bits per heavy atom. The van der Waals surface area contributed by atoms with Crippen LogP contribution in [0.5, 0.6) is 0 Å². The zero-order chi connectivity index (χ0) is 15.4. The lowest BCUT2D eigenvalue weighted by Crippen LogP contribution is -2.36. The molecule has 1 saturated heterocycles. The number of rotatable bonds is 5. The minimum Gasteiger partial charge on any atom is -0.481 e. The normalized spacial score (nSPS) is 20.3. The molecule has 1 aliphatic rings. The first-order valence-electron chi connectivity index (χ1n) is 7.17. The summed E-state index contributed by atoms with van der Waals surface area (Å²) in [5.74, 6) is -0.506. The maximum Gasteiger partial charge on any atom is 0.306 e. The van der Waals surface area contributed by atoms with Crippen molar-refractivity contribution in [3.8, 4) is 0 Å². The Bertz CT molecular complexity index is 557. The highest BCUT2D eigenvalue weighted by Gasteiger charge is 2.18. The number of anilines is 1. The molecule has 0 amide bonds. The van der Waals surface area contributed by atoms with E-state index in [-0.39, 0.29) is 12.1 Å². The largest absolute Gasteiger partial charge is 0.481 e. The van der Waals surface area contributed by atoms with Crippen LogP contribution in [-0.4, -0.2) is 45.2 Å². The quantitative estimate of drug-likeness (QED) is 0.812. The topological polar surface area (TPSA) is 95.7 Å². The summed E-state index contributed by atoms with van der Waals surface area (Å²) >= 11 is 0. The van der Waals surface area contributed by atoms with E-state index < -0.39 is 18.5 Å². The van der Waals surface area contributed by atoms with E-state index in [2.05, 4.69) is 16.9 Å². The summed E-state index contributed by atoms with van der Waals surface area (Å²) in [6.45, 7) is 3.90. The van der Waals surface area contributed by atoms with Gasteiger partial charge in [0.1, 0.15) is 0 Å². The summed E-state index contributed by atoms with van der Waals surface area (Å²) in [7, 11) is 0. The fourth-order valence-electron chi connectivity index (χ4n) is 2.62. The van der Waals surface area contributed by atoms with E-state index in [0.29, 0.717) is 5.92 Å². The van der Waals surface area contributed by atoms with E-state index in [1.807, 2.05) is 0 Å². The average molecular weight is 295 g/mol. The minimum absolute atomic E-state index is 0.109. The minimum atomic E-state index is -1.12. The average Bonchev–Trinajstić information content (AvgIpc) is 2.40. The first kappa shape index (κ1) is 15.5. The van der Waals surface area contributed by atoms with Crippen LogP contribution in [0.3, 0.4) is 0 Å². The van der Waals surface area contributed by atoms with Crippen LogP contribution in [0.4, 0.5) is 5.69 Å². The fraction of sp³-hybridized carbons (Fsp3) is 0.643. The van der Waals surface area contributed by atoms with Gasteiger partial charge in [0.05, 0.1) is 31.0 Å². The number of aromatic nitrogens is 2. The zero-order valence-corrected chi connectivity index (χ0v) is 12.1. The Morgan fingerprint density at radius 3 is 2.95 bits per heavy atom. The first-order chi connectivity index (χ1) is 9.95. The van der Waals surface area contributed by atoms with Gasteiger partial charge in [-0.15, -0.1) is 0 Å². The molecule has 1 aromatic rings. The second-order valence-corrected chi connectivity index (χ2v) is 5.68. The standard InChI is InChI=1S/C14H21N3O4/c1-10-3-2-4-16(8-10)11-5-13(19)17(15-7-11)9-12(18)6-14(20)21/h5,7,10,12,18H,2-4,6,8-9H2,1H3,(H,20,21). The molecule has 7 nitrogen and oxygen atoms in total. The molecule has 1 aromatic heterocycles. The third kappa shape index (κ3) is 4.29. The smallest absolute Gasteiger partial charge is 0.306 e. The van der Waals surface area contributed by atoms with Gasteiger partial charge in [-0.3, -0.25) is 9.59 Å². The van der Waals surface area contributed by atoms with Crippen molar-refractivity contribution in [3.63, 3.8) is 0 Å². The molecule has 0 radical (unpaired) electrons. The lowest BCUT2D eigenvalue weighted by atomic mass is 10.00. The van der Waals surface area contributed by atoms with Crippen molar-refractivity contribution in [1.82, 2.24) is 9.78 Å².